The highest BCUT2D eigenvalue weighted by Gasteiger charge is 2.69. The molecule has 1 saturated heterocycles. The van der Waals surface area contributed by atoms with E-state index in [-0.39, 0.29) is 24.8 Å². The van der Waals surface area contributed by atoms with Crippen LogP contribution in [0.1, 0.15) is 38.3 Å². The van der Waals surface area contributed by atoms with E-state index >= 15 is 0 Å². The summed E-state index contributed by atoms with van der Waals surface area (Å²) in [4.78, 5) is 28.6. The van der Waals surface area contributed by atoms with Crippen molar-refractivity contribution in [2.75, 3.05) is 13.7 Å². The number of aliphatic carboxylic acids is 1. The van der Waals surface area contributed by atoms with Gasteiger partial charge in [0.25, 0.3) is 0 Å². The smallest absolute Gasteiger partial charge is 0.333 e. The van der Waals surface area contributed by atoms with Crippen molar-refractivity contribution in [1.29, 1.82) is 0 Å². The molecule has 39 heavy (non-hydrogen) atoms. The lowest BCUT2D eigenvalue weighted by atomic mass is 9.63. The number of esters is 1. The molecule has 2 fully saturated rings. The summed E-state index contributed by atoms with van der Waals surface area (Å²) in [6.07, 6.45) is 0.754. The number of carbonyl (C=O) groups is 2. The van der Waals surface area contributed by atoms with Crippen molar-refractivity contribution in [3.63, 3.8) is 0 Å². The number of carbonyl (C=O) groups excluding carboxylic acids is 1. The van der Waals surface area contributed by atoms with Gasteiger partial charge in [-0.05, 0) is 30.1 Å². The molecule has 2 aliphatic heterocycles. The second-order valence-corrected chi connectivity index (χ2v) is 10.5. The first-order chi connectivity index (χ1) is 18.6. The lowest BCUT2D eigenvalue weighted by Gasteiger charge is -2.60. The summed E-state index contributed by atoms with van der Waals surface area (Å²) in [6.45, 7) is 5.29. The molecular weight excluding hydrogens is 510 g/mol. The number of methoxy groups -OCH3 is 1. The molecule has 1 aromatic rings. The second kappa shape index (κ2) is 10.2. The Bertz CT molecular complexity index is 1320. The number of aliphatic hydroxyl groups excluding tert-OH is 2. The van der Waals surface area contributed by atoms with Crippen molar-refractivity contribution >= 4 is 23.8 Å². The van der Waals surface area contributed by atoms with E-state index in [2.05, 4.69) is 11.6 Å². The molecule has 5 rings (SSSR count). The Balaban J connectivity index is 1.49. The molecule has 11 nitrogen and oxygen atoms in total. The number of hydrogen-bond acceptors (Lipinski definition) is 9. The summed E-state index contributed by atoms with van der Waals surface area (Å²) in [6, 6.07) is 1.93. The number of aliphatic hydroxyl groups is 3. The molecule has 0 radical (unpaired) electrons. The van der Waals surface area contributed by atoms with Crippen LogP contribution in [0.4, 0.5) is 0 Å². The predicted molar refractivity (Wildman–Crippen MR) is 135 cm³/mol. The second-order valence-electron chi connectivity index (χ2n) is 10.5. The van der Waals surface area contributed by atoms with Gasteiger partial charge in [-0.1, -0.05) is 36.9 Å². The zero-order valence-electron chi connectivity index (χ0n) is 21.9. The largest absolute Gasteiger partial charge is 0.658 e. The Hall–Kier alpha value is -2.96. The van der Waals surface area contributed by atoms with Crippen molar-refractivity contribution < 1.29 is 49.0 Å². The van der Waals surface area contributed by atoms with Crippen LogP contribution in [0.5, 0.6) is 0 Å². The van der Waals surface area contributed by atoms with E-state index in [1.54, 1.807) is 6.08 Å². The first-order valence-electron chi connectivity index (χ1n) is 13.1. The lowest BCUT2D eigenvalue weighted by molar-refractivity contribution is -0.371. The minimum atomic E-state index is -1.91. The number of hydrogen-bond donors (Lipinski definition) is 4. The summed E-state index contributed by atoms with van der Waals surface area (Å²) in [5.74, 6) is -3.16. The molecular formula is C28H34NO10-. The van der Waals surface area contributed by atoms with Gasteiger partial charge in [0.15, 0.2) is 11.9 Å². The van der Waals surface area contributed by atoms with E-state index in [0.29, 0.717) is 23.8 Å². The summed E-state index contributed by atoms with van der Waals surface area (Å²) >= 11 is 0. The average Bonchev–Trinajstić information content (AvgIpc) is 3.35. The van der Waals surface area contributed by atoms with E-state index in [4.69, 9.17) is 18.9 Å². The summed E-state index contributed by atoms with van der Waals surface area (Å²) in [7, 11) is 1.22. The molecule has 0 amide bonds. The third-order valence-electron chi connectivity index (χ3n) is 8.62. The molecule has 4 N–H and O–H groups in total. The summed E-state index contributed by atoms with van der Waals surface area (Å²) in [5, 5.41) is 44.9. The highest BCUT2D eigenvalue weighted by Crippen LogP contribution is 2.52. The van der Waals surface area contributed by atoms with Crippen LogP contribution in [0.25, 0.3) is 11.8 Å². The fraction of sp³-hybridized carbons (Fsp3) is 0.571. The standard InChI is InChI=1S/C28H34NO10/c1-4-14-10-18-19-8-9-27(35)25(34)28(19,37-13-20(18)29-14)22(12-30)39-26(27)38-21-7-6-16(24(33)36-3)17(11-23(31)32)15(21)5-2/h5-6,10,13,15,17,21-22,25-26,30,34-35H,2,4,7-9,11-12H2,1,3H3,(H,31,32)/q-1. The molecule has 1 spiro atoms. The van der Waals surface area contributed by atoms with E-state index < -0.39 is 66.2 Å². The number of aromatic nitrogens is 1. The molecule has 11 heteroatoms. The number of carboxylic acid groups (broad SMARTS) is 1. The molecule has 212 valence electrons. The van der Waals surface area contributed by atoms with Crippen LogP contribution >= 0.6 is 0 Å². The molecule has 2 aliphatic carbocycles. The first kappa shape index (κ1) is 27.6. The van der Waals surface area contributed by atoms with Crippen molar-refractivity contribution in [3.8, 4) is 0 Å². The molecule has 0 aromatic carbocycles. The van der Waals surface area contributed by atoms with Crippen molar-refractivity contribution in [2.24, 2.45) is 11.8 Å². The maximum absolute atomic E-state index is 12.4. The zero-order chi connectivity index (χ0) is 28.1. The van der Waals surface area contributed by atoms with E-state index in [1.807, 2.05) is 13.0 Å². The number of carboxylic acids is 1. The Kier molecular flexibility index (Phi) is 7.23. The van der Waals surface area contributed by atoms with Crippen molar-refractivity contribution in [2.45, 2.75) is 74.8 Å². The van der Waals surface area contributed by atoms with Crippen LogP contribution < -0.4 is 15.6 Å². The van der Waals surface area contributed by atoms with Crippen molar-refractivity contribution in [1.82, 2.24) is 4.98 Å². The van der Waals surface area contributed by atoms with Crippen LogP contribution in [-0.2, 0) is 35.0 Å². The van der Waals surface area contributed by atoms with E-state index in [9.17, 15) is 30.0 Å². The van der Waals surface area contributed by atoms with Crippen LogP contribution in [0, 0.1) is 11.8 Å². The SMILES string of the molecule is C=CC1C(OC2OC(CO)C34OC=c5[n-]c(CC)cc5=C3CCC2(O)C4O)CC=C(C(=O)OC)C1CC(=O)O. The number of nitrogens with zero attached hydrogens (tertiary/aromatic N) is 1. The fourth-order valence-corrected chi connectivity index (χ4v) is 6.64. The highest BCUT2D eigenvalue weighted by atomic mass is 16.7. The minimum Gasteiger partial charge on any atom is -0.658 e. The van der Waals surface area contributed by atoms with Gasteiger partial charge in [-0.2, -0.15) is 5.69 Å². The van der Waals surface area contributed by atoms with Gasteiger partial charge in [-0.3, -0.25) is 4.79 Å². The summed E-state index contributed by atoms with van der Waals surface area (Å²) < 4.78 is 23.4. The number of fused-ring (bicyclic) bond motifs is 2. The predicted octanol–water partition coefficient (Wildman–Crippen LogP) is -0.752. The van der Waals surface area contributed by atoms with Crippen LogP contribution in [-0.4, -0.2) is 81.9 Å². The Morgan fingerprint density at radius 1 is 1.36 bits per heavy atom. The lowest BCUT2D eigenvalue weighted by Crippen LogP contribution is -2.77. The van der Waals surface area contributed by atoms with Gasteiger partial charge in [-0.15, -0.1) is 6.58 Å². The number of aryl methyl sites for hydroxylation is 1. The maximum Gasteiger partial charge on any atom is 0.333 e. The molecule has 8 atom stereocenters. The molecule has 1 saturated carbocycles. The molecule has 8 unspecified atom stereocenters. The van der Waals surface area contributed by atoms with E-state index in [0.717, 1.165) is 10.9 Å². The highest BCUT2D eigenvalue weighted by molar-refractivity contribution is 5.90. The number of rotatable bonds is 8. The normalized spacial score (nSPS) is 36.9. The molecule has 4 aliphatic rings. The Morgan fingerprint density at radius 2 is 2.13 bits per heavy atom. The zero-order valence-corrected chi connectivity index (χ0v) is 21.9. The third-order valence-corrected chi connectivity index (χ3v) is 8.62. The Labute approximate surface area is 225 Å². The van der Waals surface area contributed by atoms with Gasteiger partial charge in [0.1, 0.15) is 17.8 Å². The van der Waals surface area contributed by atoms with Gasteiger partial charge < -0.3 is 44.4 Å². The summed E-state index contributed by atoms with van der Waals surface area (Å²) in [5.41, 5.74) is -1.66. The van der Waals surface area contributed by atoms with Gasteiger partial charge in [0, 0.05) is 17.4 Å². The average molecular weight is 545 g/mol. The van der Waals surface area contributed by atoms with Crippen molar-refractivity contribution in [3.05, 3.63) is 46.6 Å². The maximum atomic E-state index is 12.4. The topological polar surface area (TPSA) is 166 Å². The number of ether oxygens (including phenoxy) is 4. The Morgan fingerprint density at radius 3 is 2.77 bits per heavy atom. The minimum absolute atomic E-state index is 0.0801. The molecule has 2 bridgehead atoms. The fourth-order valence-electron chi connectivity index (χ4n) is 6.64. The van der Waals surface area contributed by atoms with Crippen LogP contribution in [0.3, 0.4) is 0 Å². The molecule has 3 heterocycles. The first-order valence-corrected chi connectivity index (χ1v) is 13.1. The van der Waals surface area contributed by atoms with Crippen LogP contribution in [0.15, 0.2) is 30.4 Å². The monoisotopic (exact) mass is 544 g/mol. The molecule has 1 aromatic heterocycles. The van der Waals surface area contributed by atoms with Crippen LogP contribution in [0.2, 0.25) is 0 Å². The third kappa shape index (κ3) is 4.15. The quantitative estimate of drug-likeness (QED) is 0.240. The van der Waals surface area contributed by atoms with Gasteiger partial charge in [0.2, 0.25) is 0 Å². The van der Waals surface area contributed by atoms with Gasteiger partial charge in [0.05, 0.1) is 32.5 Å². The van der Waals surface area contributed by atoms with Gasteiger partial charge in [-0.25, -0.2) is 4.79 Å². The van der Waals surface area contributed by atoms with E-state index in [1.165, 1.54) is 19.4 Å². The van der Waals surface area contributed by atoms with Gasteiger partial charge >= 0.3 is 11.9 Å².